The second-order valence-corrected chi connectivity index (χ2v) is 6.62. The summed E-state index contributed by atoms with van der Waals surface area (Å²) in [5, 5.41) is 7.23. The Bertz CT molecular complexity index is 238. The van der Waals surface area contributed by atoms with Gasteiger partial charge in [-0.1, -0.05) is 0 Å². The summed E-state index contributed by atoms with van der Waals surface area (Å²) in [4.78, 5) is 2.71. The van der Waals surface area contributed by atoms with Gasteiger partial charge in [0.1, 0.15) is 0 Å². The fourth-order valence-corrected chi connectivity index (χ4v) is 3.40. The summed E-state index contributed by atoms with van der Waals surface area (Å²) in [6, 6.07) is 0.815. The zero-order chi connectivity index (χ0) is 12.2. The Hall–Kier alpha value is -0.120. The van der Waals surface area contributed by atoms with Gasteiger partial charge < -0.3 is 15.5 Å². The fraction of sp³-hybridized carbons (Fsp3) is 1.00. The molecule has 1 saturated carbocycles. The zero-order valence-electron chi connectivity index (χ0n) is 11.7. The van der Waals surface area contributed by atoms with E-state index < -0.39 is 0 Å². The molecule has 0 spiro atoms. The van der Waals surface area contributed by atoms with E-state index in [4.69, 9.17) is 0 Å². The minimum atomic E-state index is 0.815. The molecule has 0 aromatic rings. The first-order valence-corrected chi connectivity index (χ1v) is 8.06. The Morgan fingerprint density at radius 2 is 1.61 bits per heavy atom. The monoisotopic (exact) mass is 251 g/mol. The molecule has 3 rings (SSSR count). The molecule has 2 heterocycles. The van der Waals surface area contributed by atoms with Gasteiger partial charge in [0.25, 0.3) is 0 Å². The van der Waals surface area contributed by atoms with Gasteiger partial charge in [0, 0.05) is 12.6 Å². The van der Waals surface area contributed by atoms with Gasteiger partial charge in [0.15, 0.2) is 0 Å². The number of rotatable bonds is 5. The largest absolute Gasteiger partial charge is 0.317 e. The standard InChI is InChI=1S/C15H29N3/c1-2-13(1)11-17-15-5-9-18(10-6-15)12-14-3-7-16-8-4-14/h13-17H,1-12H2. The van der Waals surface area contributed by atoms with Gasteiger partial charge in [0.05, 0.1) is 0 Å². The van der Waals surface area contributed by atoms with Gasteiger partial charge in [0.2, 0.25) is 0 Å². The zero-order valence-corrected chi connectivity index (χ0v) is 11.7. The highest BCUT2D eigenvalue weighted by atomic mass is 15.1. The number of nitrogens with zero attached hydrogens (tertiary/aromatic N) is 1. The van der Waals surface area contributed by atoms with Crippen molar-refractivity contribution in [2.24, 2.45) is 11.8 Å². The van der Waals surface area contributed by atoms with Gasteiger partial charge >= 0.3 is 0 Å². The average molecular weight is 251 g/mol. The van der Waals surface area contributed by atoms with Crippen LogP contribution in [0.25, 0.3) is 0 Å². The van der Waals surface area contributed by atoms with Crippen molar-refractivity contribution in [3.63, 3.8) is 0 Å². The molecule has 3 fully saturated rings. The van der Waals surface area contributed by atoms with Crippen LogP contribution < -0.4 is 10.6 Å². The molecule has 2 N–H and O–H groups in total. The number of piperidine rings is 2. The van der Waals surface area contributed by atoms with E-state index in [1.807, 2.05) is 0 Å². The van der Waals surface area contributed by atoms with Crippen LogP contribution in [0.15, 0.2) is 0 Å². The van der Waals surface area contributed by atoms with Crippen LogP contribution in [0.4, 0.5) is 0 Å². The van der Waals surface area contributed by atoms with Crippen molar-refractivity contribution >= 4 is 0 Å². The summed E-state index contributed by atoms with van der Waals surface area (Å²) < 4.78 is 0. The predicted molar refractivity (Wildman–Crippen MR) is 75.8 cm³/mol. The van der Waals surface area contributed by atoms with Crippen LogP contribution in [-0.2, 0) is 0 Å². The van der Waals surface area contributed by atoms with Gasteiger partial charge in [-0.25, -0.2) is 0 Å². The predicted octanol–water partition coefficient (Wildman–Crippen LogP) is 1.45. The molecule has 18 heavy (non-hydrogen) atoms. The van der Waals surface area contributed by atoms with E-state index in [0.717, 1.165) is 17.9 Å². The Morgan fingerprint density at radius 1 is 0.889 bits per heavy atom. The van der Waals surface area contributed by atoms with E-state index in [1.165, 1.54) is 77.8 Å². The van der Waals surface area contributed by atoms with Crippen LogP contribution in [-0.4, -0.2) is 50.2 Å². The lowest BCUT2D eigenvalue weighted by Gasteiger charge is -2.35. The quantitative estimate of drug-likeness (QED) is 0.774. The highest BCUT2D eigenvalue weighted by molar-refractivity contribution is 4.83. The maximum atomic E-state index is 3.77. The third-order valence-corrected chi connectivity index (χ3v) is 4.95. The maximum Gasteiger partial charge on any atom is 0.00915 e. The molecule has 3 heteroatoms. The third-order valence-electron chi connectivity index (χ3n) is 4.95. The smallest absolute Gasteiger partial charge is 0.00915 e. The van der Waals surface area contributed by atoms with E-state index in [2.05, 4.69) is 15.5 Å². The van der Waals surface area contributed by atoms with Crippen molar-refractivity contribution in [3.05, 3.63) is 0 Å². The minimum Gasteiger partial charge on any atom is -0.317 e. The molecule has 0 radical (unpaired) electrons. The second-order valence-electron chi connectivity index (χ2n) is 6.62. The normalized spacial score (nSPS) is 28.7. The molecule has 0 atom stereocenters. The summed E-state index contributed by atoms with van der Waals surface area (Å²) in [5.74, 6) is 1.99. The lowest BCUT2D eigenvalue weighted by atomic mass is 9.96. The van der Waals surface area contributed by atoms with E-state index in [9.17, 15) is 0 Å². The summed E-state index contributed by atoms with van der Waals surface area (Å²) in [7, 11) is 0. The van der Waals surface area contributed by atoms with Crippen molar-refractivity contribution < 1.29 is 0 Å². The number of likely N-dealkylation sites (tertiary alicyclic amines) is 1. The first kappa shape index (κ1) is 12.9. The van der Waals surface area contributed by atoms with Crippen LogP contribution in [0.2, 0.25) is 0 Å². The Morgan fingerprint density at radius 3 is 2.28 bits per heavy atom. The van der Waals surface area contributed by atoms with Gasteiger partial charge in [-0.3, -0.25) is 0 Å². The molecular weight excluding hydrogens is 222 g/mol. The van der Waals surface area contributed by atoms with Gasteiger partial charge in [-0.05, 0) is 83.1 Å². The topological polar surface area (TPSA) is 27.3 Å². The summed E-state index contributed by atoms with van der Waals surface area (Å²) in [6.07, 6.45) is 8.47. The van der Waals surface area contributed by atoms with E-state index in [-0.39, 0.29) is 0 Å². The van der Waals surface area contributed by atoms with E-state index >= 15 is 0 Å². The lowest BCUT2D eigenvalue weighted by molar-refractivity contribution is 0.158. The van der Waals surface area contributed by atoms with Gasteiger partial charge in [-0.15, -0.1) is 0 Å². The summed E-state index contributed by atoms with van der Waals surface area (Å²) in [5.41, 5.74) is 0. The molecule has 2 aliphatic heterocycles. The van der Waals surface area contributed by atoms with Crippen LogP contribution in [0, 0.1) is 11.8 Å². The summed E-state index contributed by atoms with van der Waals surface area (Å²) >= 11 is 0. The molecule has 2 saturated heterocycles. The maximum absolute atomic E-state index is 3.77. The highest BCUT2D eigenvalue weighted by Crippen LogP contribution is 2.28. The molecule has 0 amide bonds. The highest BCUT2D eigenvalue weighted by Gasteiger charge is 2.25. The van der Waals surface area contributed by atoms with Crippen molar-refractivity contribution in [1.82, 2.24) is 15.5 Å². The number of hydrogen-bond donors (Lipinski definition) is 2. The van der Waals surface area contributed by atoms with E-state index in [1.54, 1.807) is 0 Å². The number of hydrogen-bond acceptors (Lipinski definition) is 3. The Balaban J connectivity index is 1.31. The van der Waals surface area contributed by atoms with Crippen molar-refractivity contribution in [2.45, 2.75) is 44.6 Å². The van der Waals surface area contributed by atoms with Crippen molar-refractivity contribution in [2.75, 3.05) is 39.3 Å². The molecular formula is C15H29N3. The molecule has 0 unspecified atom stereocenters. The van der Waals surface area contributed by atoms with Crippen LogP contribution in [0.3, 0.4) is 0 Å². The molecule has 0 aromatic heterocycles. The minimum absolute atomic E-state index is 0.815. The molecule has 3 aliphatic rings. The van der Waals surface area contributed by atoms with Crippen molar-refractivity contribution in [3.8, 4) is 0 Å². The SMILES string of the molecule is C1CC(CN2CCC(NCC3CC3)CC2)CCN1. The van der Waals surface area contributed by atoms with Crippen LogP contribution in [0.5, 0.6) is 0 Å². The molecule has 104 valence electrons. The first-order chi connectivity index (χ1) is 8.90. The third kappa shape index (κ3) is 3.94. The van der Waals surface area contributed by atoms with Gasteiger partial charge in [-0.2, -0.15) is 0 Å². The Kier molecular flexibility index (Phi) is 4.55. The summed E-state index contributed by atoms with van der Waals surface area (Å²) in [6.45, 7) is 7.78. The number of nitrogens with one attached hydrogen (secondary N) is 2. The molecule has 0 aromatic carbocycles. The van der Waals surface area contributed by atoms with Crippen LogP contribution >= 0.6 is 0 Å². The molecule has 0 bridgehead atoms. The first-order valence-electron chi connectivity index (χ1n) is 8.06. The fourth-order valence-electron chi connectivity index (χ4n) is 3.40. The second kappa shape index (κ2) is 6.36. The molecule has 3 nitrogen and oxygen atoms in total. The average Bonchev–Trinajstić information content (AvgIpc) is 3.23. The van der Waals surface area contributed by atoms with Crippen LogP contribution in [0.1, 0.15) is 38.5 Å². The van der Waals surface area contributed by atoms with E-state index in [0.29, 0.717) is 0 Å². The Labute approximate surface area is 112 Å². The lowest BCUT2D eigenvalue weighted by Crippen LogP contribution is -2.45. The molecule has 1 aliphatic carbocycles. The van der Waals surface area contributed by atoms with Crippen molar-refractivity contribution in [1.29, 1.82) is 0 Å².